The van der Waals surface area contributed by atoms with Gasteiger partial charge >= 0.3 is 0 Å². The van der Waals surface area contributed by atoms with Gasteiger partial charge in [-0.2, -0.15) is 0 Å². The van der Waals surface area contributed by atoms with Gasteiger partial charge in [-0.1, -0.05) is 24.3 Å². The zero-order valence-corrected chi connectivity index (χ0v) is 15.4. The molecule has 0 saturated carbocycles. The molecular weight excluding hydrogens is 350 g/mol. The highest BCUT2D eigenvalue weighted by Gasteiger charge is 2.15. The molecular formula is C20H24ClN3O2. The van der Waals surface area contributed by atoms with Crippen LogP contribution in [0.4, 0.5) is 11.4 Å². The molecule has 5 nitrogen and oxygen atoms in total. The molecule has 2 aromatic carbocycles. The zero-order chi connectivity index (χ0) is 17.5. The van der Waals surface area contributed by atoms with Crippen molar-refractivity contribution in [3.8, 4) is 0 Å². The largest absolute Gasteiger partial charge is 0.326 e. The second-order valence-corrected chi connectivity index (χ2v) is 6.35. The van der Waals surface area contributed by atoms with Crippen LogP contribution < -0.4 is 16.0 Å². The van der Waals surface area contributed by atoms with Crippen molar-refractivity contribution < 1.29 is 9.59 Å². The molecule has 0 spiro atoms. The van der Waals surface area contributed by atoms with Crippen molar-refractivity contribution in [2.24, 2.45) is 5.92 Å². The summed E-state index contributed by atoms with van der Waals surface area (Å²) in [7, 11) is 0. The Morgan fingerprint density at radius 3 is 2.42 bits per heavy atom. The van der Waals surface area contributed by atoms with Crippen LogP contribution in [0.3, 0.4) is 0 Å². The molecule has 2 amide bonds. The third-order valence-corrected chi connectivity index (χ3v) is 4.38. The van der Waals surface area contributed by atoms with Gasteiger partial charge in [-0.15, -0.1) is 12.4 Å². The van der Waals surface area contributed by atoms with Crippen molar-refractivity contribution in [2.45, 2.75) is 19.3 Å². The zero-order valence-electron chi connectivity index (χ0n) is 14.5. The van der Waals surface area contributed by atoms with Gasteiger partial charge in [-0.05, 0) is 62.2 Å². The summed E-state index contributed by atoms with van der Waals surface area (Å²) < 4.78 is 0. The van der Waals surface area contributed by atoms with Crippen molar-refractivity contribution in [1.29, 1.82) is 0 Å². The van der Waals surface area contributed by atoms with Gasteiger partial charge in [0.05, 0.1) is 0 Å². The number of rotatable bonds is 6. The van der Waals surface area contributed by atoms with Crippen molar-refractivity contribution in [2.75, 3.05) is 23.7 Å². The number of hydrogen-bond acceptors (Lipinski definition) is 3. The maximum atomic E-state index is 12.2. The monoisotopic (exact) mass is 373 g/mol. The fourth-order valence-electron chi connectivity index (χ4n) is 2.99. The van der Waals surface area contributed by atoms with Crippen LogP contribution in [0.2, 0.25) is 0 Å². The Morgan fingerprint density at radius 1 is 1.00 bits per heavy atom. The van der Waals surface area contributed by atoms with E-state index in [9.17, 15) is 9.59 Å². The Morgan fingerprint density at radius 2 is 1.73 bits per heavy atom. The Bertz CT molecular complexity index is 731. The van der Waals surface area contributed by atoms with Gasteiger partial charge in [0.2, 0.25) is 5.91 Å². The van der Waals surface area contributed by atoms with E-state index in [0.717, 1.165) is 25.9 Å². The minimum absolute atomic E-state index is 0. The topological polar surface area (TPSA) is 70.2 Å². The number of carbonyl (C=O) groups excluding carboxylic acids is 2. The van der Waals surface area contributed by atoms with Gasteiger partial charge < -0.3 is 16.0 Å². The lowest BCUT2D eigenvalue weighted by Gasteiger charge is -2.10. The fraction of sp³-hybridized carbons (Fsp3) is 0.300. The van der Waals surface area contributed by atoms with Crippen LogP contribution in [0.25, 0.3) is 0 Å². The van der Waals surface area contributed by atoms with E-state index in [1.165, 1.54) is 0 Å². The standard InChI is InChI=1S/C20H23N3O2.ClH/c24-19(10-9-15-11-12-21-14-15)22-17-7-4-8-18(13-17)23-20(25)16-5-2-1-3-6-16;/h1-8,13,15,21H,9-12,14H2,(H,22,24)(H,23,25);1H. The van der Waals surface area contributed by atoms with Crippen LogP contribution in [-0.4, -0.2) is 24.9 Å². The lowest BCUT2D eigenvalue weighted by molar-refractivity contribution is -0.116. The third-order valence-electron chi connectivity index (χ3n) is 4.38. The van der Waals surface area contributed by atoms with Crippen molar-refractivity contribution >= 4 is 35.6 Å². The number of benzene rings is 2. The summed E-state index contributed by atoms with van der Waals surface area (Å²) in [5.74, 6) is 0.443. The van der Waals surface area contributed by atoms with Crippen LogP contribution in [0.5, 0.6) is 0 Å². The summed E-state index contributed by atoms with van der Waals surface area (Å²) >= 11 is 0. The molecule has 1 aliphatic heterocycles. The Labute approximate surface area is 160 Å². The summed E-state index contributed by atoms with van der Waals surface area (Å²) in [6, 6.07) is 16.3. The van der Waals surface area contributed by atoms with Crippen molar-refractivity contribution in [1.82, 2.24) is 5.32 Å². The summed E-state index contributed by atoms with van der Waals surface area (Å²) in [6.45, 7) is 2.06. The molecule has 0 aromatic heterocycles. The maximum absolute atomic E-state index is 12.2. The summed E-state index contributed by atoms with van der Waals surface area (Å²) in [5, 5.41) is 9.07. The molecule has 2 aromatic rings. The van der Waals surface area contributed by atoms with Crippen LogP contribution in [0.1, 0.15) is 29.6 Å². The van der Waals surface area contributed by atoms with E-state index in [-0.39, 0.29) is 24.2 Å². The van der Waals surface area contributed by atoms with Crippen LogP contribution in [-0.2, 0) is 4.79 Å². The van der Waals surface area contributed by atoms with E-state index in [0.29, 0.717) is 29.3 Å². The number of carbonyl (C=O) groups is 2. The normalized spacial score (nSPS) is 15.8. The first-order valence-corrected chi connectivity index (χ1v) is 8.68. The van der Waals surface area contributed by atoms with E-state index >= 15 is 0 Å². The van der Waals surface area contributed by atoms with E-state index in [4.69, 9.17) is 0 Å². The van der Waals surface area contributed by atoms with Gasteiger partial charge in [-0.25, -0.2) is 0 Å². The predicted molar refractivity (Wildman–Crippen MR) is 107 cm³/mol. The summed E-state index contributed by atoms with van der Waals surface area (Å²) in [6.07, 6.45) is 2.57. The minimum Gasteiger partial charge on any atom is -0.326 e. The maximum Gasteiger partial charge on any atom is 0.255 e. The van der Waals surface area contributed by atoms with Gasteiger partial charge in [0.1, 0.15) is 0 Å². The Balaban J connectivity index is 0.00000243. The van der Waals surface area contributed by atoms with Crippen LogP contribution in [0, 0.1) is 5.92 Å². The molecule has 1 heterocycles. The van der Waals surface area contributed by atoms with E-state index in [1.54, 1.807) is 24.3 Å². The van der Waals surface area contributed by atoms with Gasteiger partial charge in [0, 0.05) is 23.4 Å². The molecule has 6 heteroatoms. The first kappa shape index (κ1) is 19.9. The first-order valence-electron chi connectivity index (χ1n) is 8.68. The Kier molecular flexibility index (Phi) is 7.63. The van der Waals surface area contributed by atoms with Crippen LogP contribution in [0.15, 0.2) is 54.6 Å². The molecule has 138 valence electrons. The third kappa shape index (κ3) is 5.86. The second kappa shape index (κ2) is 9.94. The molecule has 0 aliphatic carbocycles. The molecule has 1 aliphatic rings. The van der Waals surface area contributed by atoms with Gasteiger partial charge in [0.15, 0.2) is 0 Å². The number of anilines is 2. The fourth-order valence-corrected chi connectivity index (χ4v) is 2.99. The van der Waals surface area contributed by atoms with Gasteiger partial charge in [0.25, 0.3) is 5.91 Å². The quantitative estimate of drug-likeness (QED) is 0.723. The predicted octanol–water partition coefficient (Wildman–Crippen LogP) is 3.69. The highest BCUT2D eigenvalue weighted by molar-refractivity contribution is 6.04. The average Bonchev–Trinajstić information content (AvgIpc) is 3.15. The molecule has 1 saturated heterocycles. The smallest absolute Gasteiger partial charge is 0.255 e. The summed E-state index contributed by atoms with van der Waals surface area (Å²) in [4.78, 5) is 24.3. The molecule has 3 N–H and O–H groups in total. The molecule has 26 heavy (non-hydrogen) atoms. The molecule has 1 fully saturated rings. The van der Waals surface area contributed by atoms with E-state index in [1.807, 2.05) is 30.3 Å². The number of hydrogen-bond donors (Lipinski definition) is 3. The molecule has 0 radical (unpaired) electrons. The van der Waals surface area contributed by atoms with Crippen LogP contribution >= 0.6 is 12.4 Å². The second-order valence-electron chi connectivity index (χ2n) is 6.35. The molecule has 0 bridgehead atoms. The van der Waals surface area contributed by atoms with Crippen molar-refractivity contribution in [3.05, 3.63) is 60.2 Å². The minimum atomic E-state index is -0.169. The molecule has 1 unspecified atom stereocenters. The highest BCUT2D eigenvalue weighted by Crippen LogP contribution is 2.18. The summed E-state index contributed by atoms with van der Waals surface area (Å²) in [5.41, 5.74) is 1.95. The first-order chi connectivity index (χ1) is 12.2. The average molecular weight is 374 g/mol. The Hall–Kier alpha value is -2.37. The van der Waals surface area contributed by atoms with E-state index < -0.39 is 0 Å². The highest BCUT2D eigenvalue weighted by atomic mass is 35.5. The van der Waals surface area contributed by atoms with Gasteiger partial charge in [-0.3, -0.25) is 9.59 Å². The number of halogens is 1. The number of amides is 2. The lowest BCUT2D eigenvalue weighted by Crippen LogP contribution is -2.15. The van der Waals surface area contributed by atoms with Crippen molar-refractivity contribution in [3.63, 3.8) is 0 Å². The SMILES string of the molecule is Cl.O=C(CCC1CCNC1)Nc1cccc(NC(=O)c2ccccc2)c1. The molecule has 3 rings (SSSR count). The van der Waals surface area contributed by atoms with E-state index in [2.05, 4.69) is 16.0 Å². The molecule has 1 atom stereocenters. The number of nitrogens with one attached hydrogen (secondary N) is 3. The lowest BCUT2D eigenvalue weighted by atomic mass is 10.0.